The minimum Gasteiger partial charge on any atom is -0.387 e. The van der Waals surface area contributed by atoms with E-state index < -0.39 is 0 Å². The molecular weight excluding hydrogens is 510 g/mol. The third-order valence-corrected chi connectivity index (χ3v) is 6.93. The Labute approximate surface area is 241 Å². The van der Waals surface area contributed by atoms with Gasteiger partial charge in [0.2, 0.25) is 12.2 Å². The minimum absolute atomic E-state index is 0.333. The Bertz CT molecular complexity index is 1610. The normalized spacial score (nSPS) is 10.7. The molecular formula is C35H33N3O3. The molecule has 1 atom stereocenters. The van der Waals surface area contributed by atoms with E-state index in [1.807, 2.05) is 76.2 Å². The van der Waals surface area contributed by atoms with E-state index >= 15 is 0 Å². The molecule has 4 aromatic carbocycles. The van der Waals surface area contributed by atoms with Crippen molar-refractivity contribution in [1.82, 2.24) is 0 Å². The number of carbonyl (C=O) groups excluding carboxylic acids is 2. The van der Waals surface area contributed by atoms with Crippen LogP contribution in [-0.2, 0) is 16.0 Å². The molecule has 0 aliphatic rings. The molecule has 0 radical (unpaired) electrons. The Morgan fingerprint density at radius 3 is 1.63 bits per heavy atom. The molecule has 0 saturated heterocycles. The number of hydrogen-bond donors (Lipinski definition) is 0. The summed E-state index contributed by atoms with van der Waals surface area (Å²) in [5, 5.41) is 8.70. The van der Waals surface area contributed by atoms with E-state index in [1.165, 1.54) is 16.7 Å². The Kier molecular flexibility index (Phi) is 10.7. The average molecular weight is 544 g/mol. The maximum Gasteiger partial charge on any atom is 0.292 e. The second-order valence-electron chi connectivity index (χ2n) is 10.1. The molecule has 0 fully saturated rings. The molecule has 41 heavy (non-hydrogen) atoms. The Balaban J connectivity index is 0.000000232. The van der Waals surface area contributed by atoms with Crippen LogP contribution in [0.4, 0.5) is 11.4 Å². The smallest absolute Gasteiger partial charge is 0.292 e. The van der Waals surface area contributed by atoms with Crippen LogP contribution in [0.5, 0.6) is 5.75 Å². The molecule has 206 valence electrons. The number of aryl methyl sites for hydroxylation is 5. The van der Waals surface area contributed by atoms with E-state index in [1.54, 1.807) is 18.4 Å². The standard InChI is InChI=1S/C19H18N2O2.C16H15NO/c1-12-5-16(6-13(2)18(12)21-11-22)9-17-7-14(3)19(23-10-20)15(4)8-17;1-12-3-5-14(6-4-12)13(2)15-7-9-16(10-8-15)17-11-18/h5-8H,9H2,1-4H3;3-10,13H,1-2H3. The van der Waals surface area contributed by atoms with Gasteiger partial charge in [0, 0.05) is 5.92 Å². The summed E-state index contributed by atoms with van der Waals surface area (Å²) in [5.74, 6) is 0.958. The average Bonchev–Trinajstić information content (AvgIpc) is 2.94. The predicted octanol–water partition coefficient (Wildman–Crippen LogP) is 8.45. The summed E-state index contributed by atoms with van der Waals surface area (Å²) in [4.78, 5) is 28.0. The van der Waals surface area contributed by atoms with Crippen molar-refractivity contribution in [2.45, 2.75) is 53.9 Å². The molecule has 0 heterocycles. The lowest BCUT2D eigenvalue weighted by molar-refractivity contribution is 0.498. The quantitative estimate of drug-likeness (QED) is 0.133. The minimum atomic E-state index is 0.333. The summed E-state index contributed by atoms with van der Waals surface area (Å²) in [5.41, 5.74) is 11.2. The van der Waals surface area contributed by atoms with Crippen molar-refractivity contribution in [1.29, 1.82) is 5.26 Å². The van der Waals surface area contributed by atoms with Gasteiger partial charge in [-0.1, -0.05) is 73.2 Å². The van der Waals surface area contributed by atoms with Gasteiger partial charge in [0.15, 0.2) is 0 Å². The van der Waals surface area contributed by atoms with Gasteiger partial charge >= 0.3 is 0 Å². The zero-order valence-electron chi connectivity index (χ0n) is 24.3. The number of benzene rings is 4. The summed E-state index contributed by atoms with van der Waals surface area (Å²) in [6, 6.07) is 24.4. The maximum atomic E-state index is 10.5. The molecule has 0 saturated carbocycles. The summed E-state index contributed by atoms with van der Waals surface area (Å²) in [7, 11) is 0. The van der Waals surface area contributed by atoms with Crippen molar-refractivity contribution in [3.05, 3.63) is 123 Å². The van der Waals surface area contributed by atoms with Crippen LogP contribution < -0.4 is 4.74 Å². The molecule has 4 aromatic rings. The fourth-order valence-electron chi connectivity index (χ4n) is 4.89. The number of ether oxygens (including phenoxy) is 1. The monoisotopic (exact) mass is 543 g/mol. The number of aliphatic imine (C=N–C) groups is 2. The van der Waals surface area contributed by atoms with Crippen LogP contribution in [0.3, 0.4) is 0 Å². The second kappa shape index (κ2) is 14.4. The molecule has 0 aliphatic carbocycles. The Hall–Kier alpha value is -5.07. The second-order valence-corrected chi connectivity index (χ2v) is 10.1. The highest BCUT2D eigenvalue weighted by molar-refractivity contribution is 5.59. The van der Waals surface area contributed by atoms with Gasteiger partial charge in [-0.2, -0.15) is 9.98 Å². The van der Waals surface area contributed by atoms with Crippen LogP contribution in [0, 0.1) is 46.1 Å². The first-order valence-corrected chi connectivity index (χ1v) is 13.2. The first kappa shape index (κ1) is 30.5. The van der Waals surface area contributed by atoms with Crippen LogP contribution in [0.15, 0.2) is 82.8 Å². The first-order chi connectivity index (χ1) is 19.7. The molecule has 0 aromatic heterocycles. The number of hydrogen-bond acceptors (Lipinski definition) is 6. The van der Waals surface area contributed by atoms with Crippen molar-refractivity contribution in [3.63, 3.8) is 0 Å². The Morgan fingerprint density at radius 1 is 0.707 bits per heavy atom. The van der Waals surface area contributed by atoms with Gasteiger partial charge in [0.05, 0.1) is 11.4 Å². The van der Waals surface area contributed by atoms with Crippen molar-refractivity contribution < 1.29 is 14.3 Å². The van der Waals surface area contributed by atoms with Crippen LogP contribution in [0.1, 0.15) is 62.9 Å². The molecule has 6 nitrogen and oxygen atoms in total. The molecule has 6 heteroatoms. The lowest BCUT2D eigenvalue weighted by Crippen LogP contribution is -1.96. The van der Waals surface area contributed by atoms with E-state index in [0.29, 0.717) is 23.0 Å². The third kappa shape index (κ3) is 8.21. The van der Waals surface area contributed by atoms with Gasteiger partial charge in [-0.3, -0.25) is 0 Å². The van der Waals surface area contributed by atoms with Crippen LogP contribution in [-0.4, -0.2) is 12.2 Å². The molecule has 0 aliphatic heterocycles. The van der Waals surface area contributed by atoms with E-state index in [-0.39, 0.29) is 0 Å². The number of nitrogens with zero attached hydrogens (tertiary/aromatic N) is 3. The Morgan fingerprint density at radius 2 is 1.17 bits per heavy atom. The zero-order valence-corrected chi connectivity index (χ0v) is 24.3. The van der Waals surface area contributed by atoms with Gasteiger partial charge in [0.25, 0.3) is 6.26 Å². The molecule has 1 unspecified atom stereocenters. The number of isocyanates is 2. The number of rotatable bonds is 7. The number of nitriles is 1. The highest BCUT2D eigenvalue weighted by atomic mass is 16.5. The van der Waals surface area contributed by atoms with Crippen LogP contribution in [0.25, 0.3) is 0 Å². The fraction of sp³-hybridized carbons (Fsp3) is 0.229. The van der Waals surface area contributed by atoms with E-state index in [2.05, 4.69) is 48.1 Å². The van der Waals surface area contributed by atoms with Crippen molar-refractivity contribution in [2.24, 2.45) is 9.98 Å². The van der Waals surface area contributed by atoms with Gasteiger partial charge in [-0.15, -0.1) is 5.26 Å². The van der Waals surface area contributed by atoms with Gasteiger partial charge in [0.1, 0.15) is 5.75 Å². The largest absolute Gasteiger partial charge is 0.387 e. The van der Waals surface area contributed by atoms with E-state index in [9.17, 15) is 9.59 Å². The van der Waals surface area contributed by atoms with Crippen molar-refractivity contribution in [3.8, 4) is 12.0 Å². The molecule has 0 bridgehead atoms. The summed E-state index contributed by atoms with van der Waals surface area (Å²) in [6.07, 6.45) is 5.64. The SMILES string of the molecule is Cc1cc(Cc2cc(C)c(OC#N)c(C)c2)cc(C)c1N=C=O.Cc1ccc(C(C)c2ccc(N=C=O)cc2)cc1. The fourth-order valence-corrected chi connectivity index (χ4v) is 4.89. The van der Waals surface area contributed by atoms with Crippen LogP contribution >= 0.6 is 0 Å². The van der Waals surface area contributed by atoms with Gasteiger partial charge in [-0.25, -0.2) is 9.59 Å². The van der Waals surface area contributed by atoms with Crippen molar-refractivity contribution in [2.75, 3.05) is 0 Å². The lowest BCUT2D eigenvalue weighted by Gasteiger charge is -2.12. The topological polar surface area (TPSA) is 91.9 Å². The molecule has 4 rings (SSSR count). The summed E-state index contributed by atoms with van der Waals surface area (Å²) < 4.78 is 5.01. The summed E-state index contributed by atoms with van der Waals surface area (Å²) >= 11 is 0. The maximum absolute atomic E-state index is 10.5. The molecule has 0 amide bonds. The van der Waals surface area contributed by atoms with Gasteiger partial charge < -0.3 is 4.74 Å². The lowest BCUT2D eigenvalue weighted by atomic mass is 9.92. The molecule has 0 N–H and O–H groups in total. The predicted molar refractivity (Wildman–Crippen MR) is 162 cm³/mol. The van der Waals surface area contributed by atoms with E-state index in [0.717, 1.165) is 39.8 Å². The summed E-state index contributed by atoms with van der Waals surface area (Å²) in [6.45, 7) is 12.0. The van der Waals surface area contributed by atoms with Crippen LogP contribution in [0.2, 0.25) is 0 Å². The highest BCUT2D eigenvalue weighted by Gasteiger charge is 2.10. The highest BCUT2D eigenvalue weighted by Crippen LogP contribution is 2.29. The zero-order chi connectivity index (χ0) is 29.9. The van der Waals surface area contributed by atoms with Gasteiger partial charge in [-0.05, 0) is 97.7 Å². The van der Waals surface area contributed by atoms with E-state index in [4.69, 9.17) is 10.00 Å². The first-order valence-electron chi connectivity index (χ1n) is 13.2. The van der Waals surface area contributed by atoms with Crippen molar-refractivity contribution >= 4 is 23.5 Å². The third-order valence-electron chi connectivity index (χ3n) is 6.93. The molecule has 0 spiro atoms.